The van der Waals surface area contributed by atoms with Crippen LogP contribution < -0.4 is 5.32 Å². The van der Waals surface area contributed by atoms with Gasteiger partial charge in [-0.3, -0.25) is 4.79 Å². The van der Waals surface area contributed by atoms with Crippen LogP contribution in [0.25, 0.3) is 0 Å². The number of carbonyl (C=O) groups is 1. The average molecular weight is 307 g/mol. The molecule has 1 aliphatic rings. The van der Waals surface area contributed by atoms with E-state index >= 15 is 0 Å². The van der Waals surface area contributed by atoms with E-state index < -0.39 is 5.41 Å². The first-order valence-corrected chi connectivity index (χ1v) is 8.26. The molecule has 1 heterocycles. The molecule has 3 nitrogen and oxygen atoms in total. The predicted octanol–water partition coefficient (Wildman–Crippen LogP) is 3.99. The number of hydrogen-bond donors (Lipinski definition) is 1. The van der Waals surface area contributed by atoms with E-state index in [0.717, 1.165) is 31.2 Å². The van der Waals surface area contributed by atoms with Gasteiger partial charge >= 0.3 is 5.97 Å². The number of rotatable bonds is 6. The highest BCUT2D eigenvalue weighted by Crippen LogP contribution is 2.40. The van der Waals surface area contributed by atoms with Crippen LogP contribution >= 0.6 is 0 Å². The smallest absolute Gasteiger partial charge is 0.313 e. The molecule has 0 spiro atoms. The second-order valence-corrected chi connectivity index (χ2v) is 5.99. The maximum absolute atomic E-state index is 13.4. The highest BCUT2D eigenvalue weighted by atomic mass is 19.1. The molecule has 22 heavy (non-hydrogen) atoms. The number of carbonyl (C=O) groups excluding carboxylic acids is 1. The largest absolute Gasteiger partial charge is 0.466 e. The van der Waals surface area contributed by atoms with Gasteiger partial charge in [-0.15, -0.1) is 0 Å². The van der Waals surface area contributed by atoms with Crippen molar-refractivity contribution in [3.8, 4) is 0 Å². The minimum atomic E-state index is -0.488. The molecule has 4 heteroatoms. The molecule has 1 aromatic rings. The first kappa shape index (κ1) is 16.9. The summed E-state index contributed by atoms with van der Waals surface area (Å²) >= 11 is 0. The van der Waals surface area contributed by atoms with Crippen molar-refractivity contribution in [2.75, 3.05) is 6.61 Å². The first-order valence-electron chi connectivity index (χ1n) is 8.26. The maximum Gasteiger partial charge on any atom is 0.313 e. The molecule has 2 rings (SSSR count). The van der Waals surface area contributed by atoms with Crippen molar-refractivity contribution in [3.05, 3.63) is 35.6 Å². The van der Waals surface area contributed by atoms with Gasteiger partial charge in [0.05, 0.1) is 12.0 Å². The van der Waals surface area contributed by atoms with Gasteiger partial charge in [-0.25, -0.2) is 4.39 Å². The van der Waals surface area contributed by atoms with Crippen LogP contribution in [0.15, 0.2) is 24.3 Å². The highest BCUT2D eigenvalue weighted by molar-refractivity contribution is 5.77. The van der Waals surface area contributed by atoms with Gasteiger partial charge in [-0.1, -0.05) is 26.0 Å². The third-order valence-electron chi connectivity index (χ3n) is 5.01. The molecule has 0 aliphatic carbocycles. The molecule has 0 radical (unpaired) electrons. The number of nitrogens with one attached hydrogen (secondary N) is 1. The summed E-state index contributed by atoms with van der Waals surface area (Å²) in [7, 11) is 0. The van der Waals surface area contributed by atoms with Crippen LogP contribution in [0.1, 0.15) is 58.1 Å². The number of halogens is 1. The molecular weight excluding hydrogens is 281 g/mol. The Morgan fingerprint density at radius 3 is 2.64 bits per heavy atom. The Morgan fingerprint density at radius 2 is 2.05 bits per heavy atom. The van der Waals surface area contributed by atoms with Crippen molar-refractivity contribution < 1.29 is 13.9 Å². The minimum Gasteiger partial charge on any atom is -0.466 e. The van der Waals surface area contributed by atoms with Crippen LogP contribution in [-0.2, 0) is 9.53 Å². The Hall–Kier alpha value is -1.42. The normalized spacial score (nSPS) is 21.8. The van der Waals surface area contributed by atoms with Gasteiger partial charge in [0.1, 0.15) is 5.82 Å². The lowest BCUT2D eigenvalue weighted by Gasteiger charge is -2.35. The molecule has 0 bridgehead atoms. The zero-order chi connectivity index (χ0) is 16.2. The van der Waals surface area contributed by atoms with Gasteiger partial charge in [0.25, 0.3) is 0 Å². The number of hydrogen-bond acceptors (Lipinski definition) is 3. The fraction of sp³-hybridized carbons (Fsp3) is 0.611. The molecule has 122 valence electrons. The van der Waals surface area contributed by atoms with Crippen LogP contribution in [0.3, 0.4) is 0 Å². The van der Waals surface area contributed by atoms with E-state index in [4.69, 9.17) is 4.74 Å². The third-order valence-corrected chi connectivity index (χ3v) is 5.01. The lowest BCUT2D eigenvalue weighted by molar-refractivity contribution is -0.158. The van der Waals surface area contributed by atoms with Gasteiger partial charge in [0, 0.05) is 12.1 Å². The maximum atomic E-state index is 13.4. The molecule has 0 aromatic heterocycles. The van der Waals surface area contributed by atoms with Gasteiger partial charge in [0.15, 0.2) is 0 Å². The van der Waals surface area contributed by atoms with E-state index in [2.05, 4.69) is 5.32 Å². The van der Waals surface area contributed by atoms with Crippen LogP contribution in [-0.4, -0.2) is 18.6 Å². The van der Waals surface area contributed by atoms with Crippen molar-refractivity contribution in [3.63, 3.8) is 0 Å². The summed E-state index contributed by atoms with van der Waals surface area (Å²) in [6.07, 6.45) is 3.31. The predicted molar refractivity (Wildman–Crippen MR) is 84.9 cm³/mol. The minimum absolute atomic E-state index is 0.0785. The molecule has 0 saturated carbocycles. The lowest BCUT2D eigenvalue weighted by Crippen LogP contribution is -2.48. The molecular formula is C18H26FNO2. The van der Waals surface area contributed by atoms with Crippen LogP contribution in [0.5, 0.6) is 0 Å². The lowest BCUT2D eigenvalue weighted by atomic mass is 9.75. The summed E-state index contributed by atoms with van der Waals surface area (Å²) in [6, 6.07) is 6.88. The second kappa shape index (κ2) is 7.23. The SMILES string of the molecule is CCOC(=O)C(CC)(CC)[C@H]1CC[C@@H](c2cccc(F)c2)N1. The zero-order valence-electron chi connectivity index (χ0n) is 13.7. The molecule has 1 aliphatic heterocycles. The van der Waals surface area contributed by atoms with E-state index in [0.29, 0.717) is 6.61 Å². The second-order valence-electron chi connectivity index (χ2n) is 5.99. The Kier molecular flexibility index (Phi) is 5.57. The van der Waals surface area contributed by atoms with Gasteiger partial charge in [-0.2, -0.15) is 0 Å². The van der Waals surface area contributed by atoms with Crippen molar-refractivity contribution in [2.45, 2.75) is 58.5 Å². The zero-order valence-corrected chi connectivity index (χ0v) is 13.7. The van der Waals surface area contributed by atoms with E-state index in [1.54, 1.807) is 12.1 Å². The van der Waals surface area contributed by atoms with E-state index in [1.807, 2.05) is 26.8 Å². The van der Waals surface area contributed by atoms with E-state index in [-0.39, 0.29) is 23.9 Å². The first-order chi connectivity index (χ1) is 10.6. The van der Waals surface area contributed by atoms with Gasteiger partial charge < -0.3 is 10.1 Å². The summed E-state index contributed by atoms with van der Waals surface area (Å²) in [6.45, 7) is 6.32. The molecule has 2 atom stereocenters. The summed E-state index contributed by atoms with van der Waals surface area (Å²) in [5.74, 6) is -0.331. The average Bonchev–Trinajstić information content (AvgIpc) is 3.00. The standard InChI is InChI=1S/C18H26FNO2/c1-4-18(5-2,17(21)22-6-3)16-11-10-15(20-16)13-8-7-9-14(19)12-13/h7-9,12,15-16,20H,4-6,10-11H2,1-3H3/t15-,16+/m0/s1. The molecule has 0 unspecified atom stereocenters. The Bertz CT molecular complexity index is 514. The molecule has 1 fully saturated rings. The monoisotopic (exact) mass is 307 g/mol. The van der Waals surface area contributed by atoms with Crippen molar-refractivity contribution in [1.29, 1.82) is 0 Å². The van der Waals surface area contributed by atoms with Crippen LogP contribution in [0.4, 0.5) is 4.39 Å². The van der Waals surface area contributed by atoms with Crippen molar-refractivity contribution in [2.24, 2.45) is 5.41 Å². The molecule has 0 amide bonds. The van der Waals surface area contributed by atoms with Gasteiger partial charge in [-0.05, 0) is 50.3 Å². The van der Waals surface area contributed by atoms with Crippen LogP contribution in [0.2, 0.25) is 0 Å². The fourth-order valence-electron chi connectivity index (χ4n) is 3.61. The van der Waals surface area contributed by atoms with Crippen LogP contribution in [0, 0.1) is 11.2 Å². The number of esters is 1. The fourth-order valence-corrected chi connectivity index (χ4v) is 3.61. The van der Waals surface area contributed by atoms with Crippen molar-refractivity contribution in [1.82, 2.24) is 5.32 Å². The Morgan fingerprint density at radius 1 is 1.32 bits per heavy atom. The number of benzene rings is 1. The molecule has 1 N–H and O–H groups in total. The molecule has 1 saturated heterocycles. The Balaban J connectivity index is 2.17. The van der Waals surface area contributed by atoms with Crippen molar-refractivity contribution >= 4 is 5.97 Å². The topological polar surface area (TPSA) is 38.3 Å². The highest BCUT2D eigenvalue weighted by Gasteiger charge is 2.47. The number of ether oxygens (including phenoxy) is 1. The summed E-state index contributed by atoms with van der Waals surface area (Å²) < 4.78 is 18.7. The third kappa shape index (κ3) is 3.17. The Labute approximate surface area is 132 Å². The molecule has 1 aromatic carbocycles. The quantitative estimate of drug-likeness (QED) is 0.808. The summed E-state index contributed by atoms with van der Waals surface area (Å²) in [5, 5.41) is 3.55. The summed E-state index contributed by atoms with van der Waals surface area (Å²) in [4.78, 5) is 12.5. The van der Waals surface area contributed by atoms with E-state index in [1.165, 1.54) is 6.07 Å². The summed E-state index contributed by atoms with van der Waals surface area (Å²) in [5.41, 5.74) is 0.463. The van der Waals surface area contributed by atoms with Gasteiger partial charge in [0.2, 0.25) is 0 Å². The van der Waals surface area contributed by atoms with E-state index in [9.17, 15) is 9.18 Å².